The first-order valence-corrected chi connectivity index (χ1v) is 6.93. The molecule has 3 rings (SSSR count). The molecule has 2 aromatic rings. The molecule has 0 fully saturated rings. The first kappa shape index (κ1) is 13.6. The lowest BCUT2D eigenvalue weighted by atomic mass is 10.1. The molecule has 2 heterocycles. The van der Waals surface area contributed by atoms with Crippen molar-refractivity contribution >= 4 is 34.6 Å². The lowest BCUT2D eigenvalue weighted by Gasteiger charge is -2.07. The Morgan fingerprint density at radius 1 is 1.19 bits per heavy atom. The predicted molar refractivity (Wildman–Crippen MR) is 83.7 cm³/mol. The summed E-state index contributed by atoms with van der Waals surface area (Å²) in [5.74, 6) is -0.0269. The third kappa shape index (κ3) is 3.20. The molecule has 0 unspecified atom stereocenters. The topological polar surface area (TPSA) is 66.4 Å². The Hall–Kier alpha value is -2.40. The maximum atomic E-state index is 11.7. The highest BCUT2D eigenvalue weighted by Crippen LogP contribution is 2.20. The van der Waals surface area contributed by atoms with Crippen molar-refractivity contribution in [1.82, 2.24) is 4.98 Å². The average Bonchev–Trinajstić information content (AvgIpc) is 2.65. The number of carbonyl (C=O) groups is 1. The summed E-state index contributed by atoms with van der Waals surface area (Å²) < 4.78 is 0. The van der Waals surface area contributed by atoms with Crippen molar-refractivity contribution in [2.75, 3.05) is 10.7 Å². The number of rotatable bonds is 2. The maximum absolute atomic E-state index is 11.7. The normalized spacial score (nSPS) is 16.0. The third-order valence-electron chi connectivity index (χ3n) is 3.11. The van der Waals surface area contributed by atoms with Gasteiger partial charge in [-0.15, -0.1) is 0 Å². The molecule has 0 radical (unpaired) electrons. The number of fused-ring (bicyclic) bond motifs is 1. The third-order valence-corrected chi connectivity index (χ3v) is 3.36. The number of pyridine rings is 1. The zero-order valence-electron chi connectivity index (χ0n) is 11.1. The van der Waals surface area contributed by atoms with Crippen LogP contribution in [0.1, 0.15) is 18.5 Å². The molecule has 0 atom stereocenters. The number of anilines is 2. The number of carbonyl (C=O) groups excluding carboxylic acids is 1. The van der Waals surface area contributed by atoms with Crippen LogP contribution in [0, 0.1) is 0 Å². The highest BCUT2D eigenvalue weighted by Gasteiger charge is 2.18. The van der Waals surface area contributed by atoms with Gasteiger partial charge in [0.15, 0.2) is 0 Å². The van der Waals surface area contributed by atoms with Crippen LogP contribution in [0.25, 0.3) is 0 Å². The summed E-state index contributed by atoms with van der Waals surface area (Å²) in [7, 11) is 0. The van der Waals surface area contributed by atoms with Crippen molar-refractivity contribution in [3.63, 3.8) is 0 Å². The van der Waals surface area contributed by atoms with Crippen LogP contribution in [-0.4, -0.2) is 16.6 Å². The van der Waals surface area contributed by atoms with Crippen molar-refractivity contribution in [3.8, 4) is 0 Å². The van der Waals surface area contributed by atoms with Crippen molar-refractivity contribution in [1.29, 1.82) is 0 Å². The van der Waals surface area contributed by atoms with Crippen LogP contribution in [0.15, 0.2) is 47.7 Å². The number of hydrogen-bond donors (Lipinski definition) is 2. The Balaban J connectivity index is 1.88. The number of hydrogen-bond acceptors (Lipinski definition) is 4. The minimum atomic E-state index is -0.0269. The van der Waals surface area contributed by atoms with Gasteiger partial charge in [-0.1, -0.05) is 11.6 Å². The number of amides is 1. The van der Waals surface area contributed by atoms with E-state index in [0.29, 0.717) is 29.2 Å². The molecule has 1 aliphatic heterocycles. The van der Waals surface area contributed by atoms with Crippen LogP contribution in [0.4, 0.5) is 11.4 Å². The Morgan fingerprint density at radius 3 is 2.81 bits per heavy atom. The maximum Gasteiger partial charge on any atom is 0.224 e. The van der Waals surface area contributed by atoms with Crippen LogP contribution in [0.5, 0.6) is 0 Å². The van der Waals surface area contributed by atoms with E-state index in [1.165, 1.54) is 0 Å². The molecule has 0 saturated heterocycles. The molecule has 106 valence electrons. The Bertz CT molecular complexity index is 697. The largest absolute Gasteiger partial charge is 0.324 e. The lowest BCUT2D eigenvalue weighted by molar-refractivity contribution is -0.116. The van der Waals surface area contributed by atoms with E-state index in [4.69, 9.17) is 11.6 Å². The fraction of sp³-hybridized carbons (Fsp3) is 0.133. The van der Waals surface area contributed by atoms with E-state index in [-0.39, 0.29) is 5.91 Å². The molecule has 1 aromatic heterocycles. The summed E-state index contributed by atoms with van der Waals surface area (Å²) in [6.07, 6.45) is 2.61. The summed E-state index contributed by atoms with van der Waals surface area (Å²) in [6, 6.07) is 10.9. The van der Waals surface area contributed by atoms with Gasteiger partial charge in [-0.2, -0.15) is 5.10 Å². The van der Waals surface area contributed by atoms with Crippen LogP contribution in [-0.2, 0) is 4.79 Å². The summed E-state index contributed by atoms with van der Waals surface area (Å²) in [5, 5.41) is 7.89. The molecule has 1 amide bonds. The van der Waals surface area contributed by atoms with Gasteiger partial charge < -0.3 is 5.32 Å². The van der Waals surface area contributed by atoms with Gasteiger partial charge in [-0.3, -0.25) is 15.2 Å². The SMILES string of the molecule is O=C1CCC(=NNc2ccc(Cl)cc2)c2ncccc2N1. The van der Waals surface area contributed by atoms with Crippen molar-refractivity contribution in [3.05, 3.63) is 53.3 Å². The summed E-state index contributed by atoms with van der Waals surface area (Å²) >= 11 is 5.85. The Labute approximate surface area is 127 Å². The zero-order valence-corrected chi connectivity index (χ0v) is 11.9. The van der Waals surface area contributed by atoms with E-state index in [1.54, 1.807) is 24.4 Å². The molecule has 5 nitrogen and oxygen atoms in total. The standard InChI is InChI=1S/C15H13ClN4O/c16-10-3-5-11(6-4-10)19-20-13-7-8-14(21)18-12-2-1-9-17-15(12)13/h1-6,9,19H,7-8H2,(H,18,21). The molecule has 6 heteroatoms. The van der Waals surface area contributed by atoms with Gasteiger partial charge in [0, 0.05) is 24.1 Å². The summed E-state index contributed by atoms with van der Waals surface area (Å²) in [4.78, 5) is 16.0. The first-order valence-electron chi connectivity index (χ1n) is 6.56. The quantitative estimate of drug-likeness (QED) is 0.836. The number of nitrogens with one attached hydrogen (secondary N) is 2. The second kappa shape index (κ2) is 5.93. The van der Waals surface area contributed by atoms with Gasteiger partial charge in [0.25, 0.3) is 0 Å². The van der Waals surface area contributed by atoms with Crippen molar-refractivity contribution in [2.45, 2.75) is 12.8 Å². The number of aromatic nitrogens is 1. The van der Waals surface area contributed by atoms with E-state index in [2.05, 4.69) is 20.8 Å². The van der Waals surface area contributed by atoms with Gasteiger partial charge in [-0.25, -0.2) is 0 Å². The van der Waals surface area contributed by atoms with Gasteiger partial charge in [-0.05, 0) is 36.4 Å². The van der Waals surface area contributed by atoms with Gasteiger partial charge in [0.2, 0.25) is 5.91 Å². The Kier molecular flexibility index (Phi) is 3.83. The van der Waals surface area contributed by atoms with Gasteiger partial charge >= 0.3 is 0 Å². The molecular weight excluding hydrogens is 288 g/mol. The smallest absolute Gasteiger partial charge is 0.224 e. The number of nitrogens with zero attached hydrogens (tertiary/aromatic N) is 2. The fourth-order valence-corrected chi connectivity index (χ4v) is 2.19. The van der Waals surface area contributed by atoms with Crippen molar-refractivity contribution < 1.29 is 4.79 Å². The van der Waals surface area contributed by atoms with E-state index >= 15 is 0 Å². The van der Waals surface area contributed by atoms with Crippen LogP contribution in [0.3, 0.4) is 0 Å². The van der Waals surface area contributed by atoms with Gasteiger partial charge in [0.05, 0.1) is 17.1 Å². The molecule has 0 spiro atoms. The molecular formula is C15H13ClN4O. The second-order valence-corrected chi connectivity index (χ2v) is 5.06. The van der Waals surface area contributed by atoms with Crippen LogP contribution in [0.2, 0.25) is 5.02 Å². The fourth-order valence-electron chi connectivity index (χ4n) is 2.06. The number of benzene rings is 1. The van der Waals surface area contributed by atoms with Gasteiger partial charge in [0.1, 0.15) is 5.69 Å². The summed E-state index contributed by atoms with van der Waals surface area (Å²) in [5.41, 5.74) is 5.94. The predicted octanol–water partition coefficient (Wildman–Crippen LogP) is 3.28. The Morgan fingerprint density at radius 2 is 2.00 bits per heavy atom. The highest BCUT2D eigenvalue weighted by molar-refractivity contribution is 6.30. The number of halogens is 1. The molecule has 1 aliphatic rings. The zero-order chi connectivity index (χ0) is 14.7. The van der Waals surface area contributed by atoms with E-state index in [0.717, 1.165) is 11.4 Å². The lowest BCUT2D eigenvalue weighted by Crippen LogP contribution is -2.09. The molecule has 0 aliphatic carbocycles. The minimum Gasteiger partial charge on any atom is -0.324 e. The highest BCUT2D eigenvalue weighted by atomic mass is 35.5. The minimum absolute atomic E-state index is 0.0269. The average molecular weight is 301 g/mol. The van der Waals surface area contributed by atoms with Crippen LogP contribution >= 0.6 is 11.6 Å². The first-order chi connectivity index (χ1) is 10.2. The van der Waals surface area contributed by atoms with E-state index in [9.17, 15) is 4.79 Å². The molecule has 0 saturated carbocycles. The van der Waals surface area contributed by atoms with E-state index in [1.807, 2.05) is 18.2 Å². The molecule has 2 N–H and O–H groups in total. The van der Waals surface area contributed by atoms with Crippen LogP contribution < -0.4 is 10.7 Å². The molecule has 21 heavy (non-hydrogen) atoms. The van der Waals surface area contributed by atoms with Crippen molar-refractivity contribution in [2.24, 2.45) is 5.10 Å². The molecule has 1 aromatic carbocycles. The second-order valence-electron chi connectivity index (χ2n) is 4.62. The monoisotopic (exact) mass is 300 g/mol. The molecule has 0 bridgehead atoms. The number of hydrazone groups is 1. The van der Waals surface area contributed by atoms with E-state index < -0.39 is 0 Å². The summed E-state index contributed by atoms with van der Waals surface area (Å²) in [6.45, 7) is 0.